The third kappa shape index (κ3) is 21.9. The van der Waals surface area contributed by atoms with Crippen LogP contribution in [0, 0.1) is 5.92 Å². The summed E-state index contributed by atoms with van der Waals surface area (Å²) in [5, 5.41) is 2.76. The molecule has 0 aromatic rings. The van der Waals surface area contributed by atoms with E-state index in [1.54, 1.807) is 6.92 Å². The lowest BCUT2D eigenvalue weighted by Crippen LogP contribution is -2.29. The number of hydrogen-bond acceptors (Lipinski definition) is 8. The molecule has 1 unspecified atom stereocenters. The third-order valence-electron chi connectivity index (χ3n) is 4.99. The molecule has 0 fully saturated rings. The second-order valence-corrected chi connectivity index (χ2v) is 8.12. The van der Waals surface area contributed by atoms with Gasteiger partial charge in [-0.1, -0.05) is 20.3 Å². The molecule has 0 radical (unpaired) electrons. The molecule has 0 heterocycles. The first-order chi connectivity index (χ1) is 16.4. The summed E-state index contributed by atoms with van der Waals surface area (Å²) in [6.45, 7) is 6.57. The van der Waals surface area contributed by atoms with Crippen LogP contribution in [-0.4, -0.2) is 82.8 Å². The van der Waals surface area contributed by atoms with Crippen LogP contribution in [0.5, 0.6) is 0 Å². The molecule has 0 saturated heterocycles. The number of nitrogens with two attached hydrogens (primary N) is 1. The van der Waals surface area contributed by atoms with Crippen LogP contribution in [0.1, 0.15) is 65.2 Å². The number of carbonyl (C=O) groups excluding carboxylic acids is 4. The number of ketones is 2. The quantitative estimate of drug-likeness (QED) is 0.184. The highest BCUT2D eigenvalue weighted by Gasteiger charge is 2.08. The monoisotopic (exact) mass is 488 g/mol. The molecule has 0 aliphatic heterocycles. The van der Waals surface area contributed by atoms with Gasteiger partial charge in [-0.2, -0.15) is 0 Å². The molecule has 0 saturated carbocycles. The number of Topliss-reactive ketones (excluding diaryl/α,β-unsaturated/α-hetero) is 2. The van der Waals surface area contributed by atoms with Crippen LogP contribution < -0.4 is 11.1 Å². The van der Waals surface area contributed by atoms with Crippen LogP contribution in [0.15, 0.2) is 0 Å². The van der Waals surface area contributed by atoms with Gasteiger partial charge in [0.15, 0.2) is 5.78 Å². The number of amides is 2. The Morgan fingerprint density at radius 3 is 1.88 bits per heavy atom. The van der Waals surface area contributed by atoms with Crippen molar-refractivity contribution < 1.29 is 38.1 Å². The maximum atomic E-state index is 11.7. The topological polar surface area (TPSA) is 143 Å². The number of unbranched alkanes of at least 4 members (excludes halogenated alkanes) is 1. The minimum Gasteiger partial charge on any atom is -0.379 e. The van der Waals surface area contributed by atoms with E-state index < -0.39 is 0 Å². The Morgan fingerprint density at radius 2 is 1.29 bits per heavy atom. The van der Waals surface area contributed by atoms with Gasteiger partial charge in [0.2, 0.25) is 11.8 Å². The highest BCUT2D eigenvalue weighted by Crippen LogP contribution is 2.06. The van der Waals surface area contributed by atoms with Crippen molar-refractivity contribution in [3.8, 4) is 0 Å². The first-order valence-electron chi connectivity index (χ1n) is 12.3. The van der Waals surface area contributed by atoms with Crippen molar-refractivity contribution in [1.82, 2.24) is 5.32 Å². The highest BCUT2D eigenvalue weighted by molar-refractivity contribution is 5.79. The lowest BCUT2D eigenvalue weighted by Gasteiger charge is -2.08. The van der Waals surface area contributed by atoms with Crippen molar-refractivity contribution in [3.63, 3.8) is 0 Å². The Kier molecular flexibility index (Phi) is 21.6. The Morgan fingerprint density at radius 1 is 0.735 bits per heavy atom. The summed E-state index contributed by atoms with van der Waals surface area (Å²) in [5.41, 5.74) is 5.20. The Hall–Kier alpha value is -1.88. The van der Waals surface area contributed by atoms with Crippen molar-refractivity contribution in [3.05, 3.63) is 0 Å². The summed E-state index contributed by atoms with van der Waals surface area (Å²) in [5.74, 6) is -0.385. The van der Waals surface area contributed by atoms with Crippen molar-refractivity contribution in [2.75, 3.05) is 59.4 Å². The maximum absolute atomic E-state index is 11.7. The first-order valence-corrected chi connectivity index (χ1v) is 12.3. The van der Waals surface area contributed by atoms with Gasteiger partial charge in [0.05, 0.1) is 26.4 Å². The molecule has 3 N–H and O–H groups in total. The molecule has 10 heteroatoms. The van der Waals surface area contributed by atoms with Crippen molar-refractivity contribution >= 4 is 23.4 Å². The van der Waals surface area contributed by atoms with Crippen LogP contribution in [0.2, 0.25) is 0 Å². The molecule has 0 spiro atoms. The van der Waals surface area contributed by atoms with E-state index in [1.165, 1.54) is 0 Å². The molecular formula is C24H44N2O8. The molecule has 0 bridgehead atoms. The van der Waals surface area contributed by atoms with Gasteiger partial charge in [0.25, 0.3) is 0 Å². The number of nitrogens with one attached hydrogen (secondary N) is 1. The van der Waals surface area contributed by atoms with Gasteiger partial charge in [-0.15, -0.1) is 0 Å². The molecule has 0 aromatic carbocycles. The molecule has 2 amide bonds. The van der Waals surface area contributed by atoms with Gasteiger partial charge in [-0.25, -0.2) is 0 Å². The summed E-state index contributed by atoms with van der Waals surface area (Å²) >= 11 is 0. The minimum atomic E-state index is -0.299. The molecule has 0 aliphatic rings. The largest absolute Gasteiger partial charge is 0.379 e. The number of hydrogen-bond donors (Lipinski definition) is 2. The normalized spacial score (nSPS) is 11.8. The van der Waals surface area contributed by atoms with E-state index in [2.05, 4.69) is 5.32 Å². The fourth-order valence-electron chi connectivity index (χ4n) is 2.78. The SMILES string of the molecule is CCC(=O)CCCOCCOCC(=O)CCCOCCOCC(=O)NCCCCC(C)C(N)=O. The van der Waals surface area contributed by atoms with Crippen LogP contribution in [0.25, 0.3) is 0 Å². The Labute approximate surface area is 203 Å². The number of rotatable bonds is 25. The van der Waals surface area contributed by atoms with Gasteiger partial charge in [-0.3, -0.25) is 19.2 Å². The number of ether oxygens (including phenoxy) is 4. The highest BCUT2D eigenvalue weighted by atomic mass is 16.5. The zero-order valence-electron chi connectivity index (χ0n) is 20.9. The van der Waals surface area contributed by atoms with Crippen LogP contribution in [0.3, 0.4) is 0 Å². The minimum absolute atomic E-state index is 0.00847. The average molecular weight is 489 g/mol. The standard InChI is InChI=1S/C24H44N2O8/c1-3-21(27)9-6-12-31-14-16-33-18-22(28)10-7-13-32-15-17-34-19-23(29)26-11-5-4-8-20(2)24(25)30/h20H,3-19H2,1-2H3,(H2,25,30)(H,26,29). The lowest BCUT2D eigenvalue weighted by atomic mass is 10.0. The summed E-state index contributed by atoms with van der Waals surface area (Å²) in [6.07, 6.45) is 5.12. The van der Waals surface area contributed by atoms with E-state index in [4.69, 9.17) is 24.7 Å². The van der Waals surface area contributed by atoms with Crippen LogP contribution in [0.4, 0.5) is 0 Å². The van der Waals surface area contributed by atoms with E-state index in [-0.39, 0.29) is 42.5 Å². The predicted molar refractivity (Wildman–Crippen MR) is 127 cm³/mol. The molecule has 1 atom stereocenters. The van der Waals surface area contributed by atoms with Gasteiger partial charge >= 0.3 is 0 Å². The molecule has 0 aliphatic carbocycles. The molecular weight excluding hydrogens is 444 g/mol. The zero-order valence-corrected chi connectivity index (χ0v) is 20.9. The number of carbonyl (C=O) groups is 4. The second kappa shape index (κ2) is 22.9. The maximum Gasteiger partial charge on any atom is 0.245 e. The van der Waals surface area contributed by atoms with Crippen LogP contribution >= 0.6 is 0 Å². The predicted octanol–water partition coefficient (Wildman–Crippen LogP) is 1.57. The molecule has 0 rings (SSSR count). The molecule has 198 valence electrons. The van der Waals surface area contributed by atoms with E-state index in [0.717, 1.165) is 19.3 Å². The van der Waals surface area contributed by atoms with Crippen molar-refractivity contribution in [1.29, 1.82) is 0 Å². The fourth-order valence-corrected chi connectivity index (χ4v) is 2.78. The Balaban J connectivity index is 3.35. The third-order valence-corrected chi connectivity index (χ3v) is 4.99. The smallest absolute Gasteiger partial charge is 0.245 e. The van der Waals surface area contributed by atoms with Gasteiger partial charge in [0.1, 0.15) is 19.0 Å². The average Bonchev–Trinajstić information content (AvgIpc) is 2.81. The van der Waals surface area contributed by atoms with Gasteiger partial charge in [0, 0.05) is 44.9 Å². The zero-order chi connectivity index (χ0) is 25.4. The molecule has 0 aromatic heterocycles. The van der Waals surface area contributed by atoms with E-state index in [1.807, 2.05) is 6.92 Å². The second-order valence-electron chi connectivity index (χ2n) is 8.12. The van der Waals surface area contributed by atoms with E-state index in [9.17, 15) is 19.2 Å². The summed E-state index contributed by atoms with van der Waals surface area (Å²) in [4.78, 5) is 45.5. The Bertz CT molecular complexity index is 571. The summed E-state index contributed by atoms with van der Waals surface area (Å²) < 4.78 is 21.3. The number of primary amides is 1. The van der Waals surface area contributed by atoms with E-state index >= 15 is 0 Å². The lowest BCUT2D eigenvalue weighted by molar-refractivity contribution is -0.127. The van der Waals surface area contributed by atoms with Gasteiger partial charge in [-0.05, 0) is 25.7 Å². The first kappa shape index (κ1) is 32.1. The molecule has 10 nitrogen and oxygen atoms in total. The molecule has 34 heavy (non-hydrogen) atoms. The van der Waals surface area contributed by atoms with Crippen LogP contribution in [-0.2, 0) is 38.1 Å². The van der Waals surface area contributed by atoms with Crippen molar-refractivity contribution in [2.24, 2.45) is 11.7 Å². The van der Waals surface area contributed by atoms with E-state index in [0.29, 0.717) is 78.3 Å². The fraction of sp³-hybridized carbons (Fsp3) is 0.833. The van der Waals surface area contributed by atoms with Gasteiger partial charge < -0.3 is 30.0 Å². The summed E-state index contributed by atoms with van der Waals surface area (Å²) in [7, 11) is 0. The van der Waals surface area contributed by atoms with Crippen molar-refractivity contribution in [2.45, 2.75) is 65.2 Å². The summed E-state index contributed by atoms with van der Waals surface area (Å²) in [6, 6.07) is 0.